The van der Waals surface area contributed by atoms with Crippen molar-refractivity contribution in [2.24, 2.45) is 4.99 Å². The molecule has 0 aromatic heterocycles. The molecule has 24 heavy (non-hydrogen) atoms. The fourth-order valence-electron chi connectivity index (χ4n) is 2.12. The number of nitrogens with zero attached hydrogens (tertiary/aromatic N) is 2. The van der Waals surface area contributed by atoms with Gasteiger partial charge in [0, 0.05) is 16.1 Å². The summed E-state index contributed by atoms with van der Waals surface area (Å²) in [4.78, 5) is 26.7. The first-order valence-electron chi connectivity index (χ1n) is 6.75. The third kappa shape index (κ3) is 3.37. The van der Waals surface area contributed by atoms with Crippen molar-refractivity contribution in [1.82, 2.24) is 5.32 Å². The molecule has 0 bridgehead atoms. The maximum atomic E-state index is 12.1. The molecule has 0 atom stereocenters. The highest BCUT2D eigenvalue weighted by Crippen LogP contribution is 2.26. The predicted molar refractivity (Wildman–Crippen MR) is 94.9 cm³/mol. The summed E-state index contributed by atoms with van der Waals surface area (Å²) in [7, 11) is 0. The molecule has 0 aliphatic carbocycles. The Hall–Kier alpha value is -2.51. The van der Waals surface area contributed by atoms with Crippen LogP contribution in [0.2, 0.25) is 5.02 Å². The SMILES string of the molecule is O=C1NC(c2ccc(Cl)c([N+](=O)[O-])c2)=NC1=Cc1ccc(Br)cc1. The van der Waals surface area contributed by atoms with Crippen LogP contribution in [0.5, 0.6) is 0 Å². The lowest BCUT2D eigenvalue weighted by molar-refractivity contribution is -0.384. The van der Waals surface area contributed by atoms with E-state index < -0.39 is 4.92 Å². The van der Waals surface area contributed by atoms with Crippen molar-refractivity contribution < 1.29 is 9.72 Å². The first-order valence-corrected chi connectivity index (χ1v) is 7.93. The lowest BCUT2D eigenvalue weighted by atomic mass is 10.2. The second kappa shape index (κ2) is 6.54. The van der Waals surface area contributed by atoms with Gasteiger partial charge in [-0.2, -0.15) is 0 Å². The molecule has 6 nitrogen and oxygen atoms in total. The Labute approximate surface area is 150 Å². The van der Waals surface area contributed by atoms with Crippen LogP contribution >= 0.6 is 27.5 Å². The van der Waals surface area contributed by atoms with Crippen molar-refractivity contribution in [3.05, 3.63) is 78.9 Å². The molecule has 0 saturated carbocycles. The zero-order valence-corrected chi connectivity index (χ0v) is 14.3. The van der Waals surface area contributed by atoms with Crippen molar-refractivity contribution in [2.45, 2.75) is 0 Å². The Morgan fingerprint density at radius 1 is 1.21 bits per heavy atom. The molecule has 2 aromatic carbocycles. The van der Waals surface area contributed by atoms with Crippen LogP contribution < -0.4 is 5.32 Å². The number of nitro groups is 1. The summed E-state index contributed by atoms with van der Waals surface area (Å²) in [5.74, 6) is -0.117. The molecular weight excluding hydrogens is 398 g/mol. The van der Waals surface area contributed by atoms with Crippen LogP contribution in [0.4, 0.5) is 5.69 Å². The van der Waals surface area contributed by atoms with Gasteiger partial charge in [-0.3, -0.25) is 14.9 Å². The van der Waals surface area contributed by atoms with Crippen molar-refractivity contribution >= 4 is 51.0 Å². The molecule has 1 N–H and O–H groups in total. The minimum atomic E-state index is -0.582. The highest BCUT2D eigenvalue weighted by atomic mass is 79.9. The van der Waals surface area contributed by atoms with Crippen LogP contribution in [0, 0.1) is 10.1 Å². The molecule has 8 heteroatoms. The molecule has 0 radical (unpaired) electrons. The highest BCUT2D eigenvalue weighted by Gasteiger charge is 2.23. The standard InChI is InChI=1S/C16H9BrClN3O3/c17-11-4-1-9(2-5-11)7-13-16(22)20-15(19-13)10-3-6-12(18)14(8-10)21(23)24/h1-8H,(H,19,20,22). The van der Waals surface area contributed by atoms with Gasteiger partial charge in [-0.1, -0.05) is 39.7 Å². The van der Waals surface area contributed by atoms with Gasteiger partial charge in [-0.25, -0.2) is 4.99 Å². The van der Waals surface area contributed by atoms with E-state index in [1.54, 1.807) is 12.1 Å². The normalized spacial score (nSPS) is 15.3. The molecule has 0 saturated heterocycles. The summed E-state index contributed by atoms with van der Waals surface area (Å²) in [6.45, 7) is 0. The van der Waals surface area contributed by atoms with Crippen LogP contribution in [-0.4, -0.2) is 16.7 Å². The maximum Gasteiger partial charge on any atom is 0.288 e. The largest absolute Gasteiger partial charge is 0.305 e. The van der Waals surface area contributed by atoms with Gasteiger partial charge >= 0.3 is 0 Å². The Morgan fingerprint density at radius 3 is 2.58 bits per heavy atom. The van der Waals surface area contributed by atoms with Crippen LogP contribution in [-0.2, 0) is 4.79 Å². The summed E-state index contributed by atoms with van der Waals surface area (Å²) < 4.78 is 0.929. The van der Waals surface area contributed by atoms with Crippen molar-refractivity contribution in [1.29, 1.82) is 0 Å². The second-order valence-electron chi connectivity index (χ2n) is 4.92. The number of nitrogens with one attached hydrogen (secondary N) is 1. The van der Waals surface area contributed by atoms with Gasteiger partial charge in [-0.15, -0.1) is 0 Å². The van der Waals surface area contributed by atoms with E-state index in [1.165, 1.54) is 12.1 Å². The number of carbonyl (C=O) groups is 1. The van der Waals surface area contributed by atoms with Gasteiger partial charge in [0.1, 0.15) is 16.6 Å². The number of hydrogen-bond donors (Lipinski definition) is 1. The number of benzene rings is 2. The van der Waals surface area contributed by atoms with Crippen LogP contribution in [0.25, 0.3) is 6.08 Å². The Bertz CT molecular complexity index is 907. The molecular formula is C16H9BrClN3O3. The smallest absolute Gasteiger partial charge is 0.288 e. The monoisotopic (exact) mass is 405 g/mol. The quantitative estimate of drug-likeness (QED) is 0.476. The summed E-state index contributed by atoms with van der Waals surface area (Å²) in [5.41, 5.74) is 1.22. The lowest BCUT2D eigenvalue weighted by Crippen LogP contribution is -2.24. The van der Waals surface area contributed by atoms with E-state index in [-0.39, 0.29) is 28.1 Å². The molecule has 2 aromatic rings. The molecule has 1 aliphatic rings. The van der Waals surface area contributed by atoms with Crippen LogP contribution in [0.15, 0.2) is 57.6 Å². The van der Waals surface area contributed by atoms with Gasteiger partial charge in [0.15, 0.2) is 0 Å². The number of halogens is 2. The van der Waals surface area contributed by atoms with E-state index in [2.05, 4.69) is 26.2 Å². The molecule has 0 unspecified atom stereocenters. The molecule has 0 fully saturated rings. The predicted octanol–water partition coefficient (Wildman–Crippen LogP) is 3.93. The number of rotatable bonds is 3. The highest BCUT2D eigenvalue weighted by molar-refractivity contribution is 9.10. The van der Waals surface area contributed by atoms with Crippen LogP contribution in [0.1, 0.15) is 11.1 Å². The fourth-order valence-corrected chi connectivity index (χ4v) is 2.57. The minimum absolute atomic E-state index is 0.0271. The lowest BCUT2D eigenvalue weighted by Gasteiger charge is -2.01. The maximum absolute atomic E-state index is 12.1. The van der Waals surface area contributed by atoms with E-state index >= 15 is 0 Å². The number of aliphatic imine (C=N–C) groups is 1. The van der Waals surface area contributed by atoms with E-state index in [1.807, 2.05) is 24.3 Å². The number of amidine groups is 1. The average Bonchev–Trinajstić information content (AvgIpc) is 2.90. The van der Waals surface area contributed by atoms with Crippen molar-refractivity contribution in [2.75, 3.05) is 0 Å². The van der Waals surface area contributed by atoms with Crippen molar-refractivity contribution in [3.63, 3.8) is 0 Å². The summed E-state index contributed by atoms with van der Waals surface area (Å²) in [6.07, 6.45) is 1.64. The van der Waals surface area contributed by atoms with Gasteiger partial charge < -0.3 is 5.32 Å². The second-order valence-corrected chi connectivity index (χ2v) is 6.24. The first kappa shape index (κ1) is 16.4. The van der Waals surface area contributed by atoms with E-state index in [0.29, 0.717) is 5.56 Å². The Morgan fingerprint density at radius 2 is 1.92 bits per heavy atom. The molecule has 1 heterocycles. The van der Waals surface area contributed by atoms with Gasteiger partial charge in [0.05, 0.1) is 4.92 Å². The third-order valence-corrected chi connectivity index (χ3v) is 4.13. The van der Waals surface area contributed by atoms with Crippen molar-refractivity contribution in [3.8, 4) is 0 Å². The van der Waals surface area contributed by atoms with Gasteiger partial charge in [-0.05, 0) is 35.9 Å². The number of nitro benzene ring substituents is 1. The Balaban J connectivity index is 1.96. The fraction of sp³-hybridized carbons (Fsp3) is 0. The average molecular weight is 407 g/mol. The van der Waals surface area contributed by atoms with Gasteiger partial charge in [0.25, 0.3) is 11.6 Å². The minimum Gasteiger partial charge on any atom is -0.305 e. The molecule has 120 valence electrons. The number of hydrogen-bond acceptors (Lipinski definition) is 4. The molecule has 0 spiro atoms. The number of amides is 1. The zero-order chi connectivity index (χ0) is 17.3. The summed E-state index contributed by atoms with van der Waals surface area (Å²) in [6, 6.07) is 11.6. The summed E-state index contributed by atoms with van der Waals surface area (Å²) >= 11 is 9.13. The molecule has 1 amide bonds. The first-order chi connectivity index (χ1) is 11.4. The number of carbonyl (C=O) groups excluding carboxylic acids is 1. The third-order valence-electron chi connectivity index (χ3n) is 3.29. The molecule has 3 rings (SSSR count). The Kier molecular flexibility index (Phi) is 4.46. The molecule has 1 aliphatic heterocycles. The van der Waals surface area contributed by atoms with Gasteiger partial charge in [0.2, 0.25) is 0 Å². The topological polar surface area (TPSA) is 84.6 Å². The van der Waals surface area contributed by atoms with E-state index in [4.69, 9.17) is 11.6 Å². The van der Waals surface area contributed by atoms with E-state index in [0.717, 1.165) is 10.0 Å². The zero-order valence-electron chi connectivity index (χ0n) is 12.0. The van der Waals surface area contributed by atoms with Crippen LogP contribution in [0.3, 0.4) is 0 Å². The summed E-state index contributed by atoms with van der Waals surface area (Å²) in [5, 5.41) is 13.6. The van der Waals surface area contributed by atoms with E-state index in [9.17, 15) is 14.9 Å².